The molecule has 2 N–H and O–H groups in total. The first-order valence-corrected chi connectivity index (χ1v) is 28.6. The quantitative estimate of drug-likeness (QED) is 0.0156. The Bertz CT molecular complexity index is 1490. The number of likely N-dealkylation sites (N-methyl/N-ethyl adjacent to an activating group) is 1. The average Bonchev–Trinajstić information content (AvgIpc) is 3.29. The Morgan fingerprint density at radius 3 is 1.59 bits per heavy atom. The van der Waals surface area contributed by atoms with Crippen molar-refractivity contribution in [2.24, 2.45) is 0 Å². The van der Waals surface area contributed by atoms with E-state index in [4.69, 9.17) is 13.8 Å². The van der Waals surface area contributed by atoms with Crippen molar-refractivity contribution in [2.75, 3.05) is 40.9 Å². The summed E-state index contributed by atoms with van der Waals surface area (Å²) >= 11 is 0. The van der Waals surface area contributed by atoms with Gasteiger partial charge in [0.15, 0.2) is 0 Å². The van der Waals surface area contributed by atoms with Crippen LogP contribution >= 0.6 is 7.82 Å². The number of nitrogens with zero attached hydrogens (tertiary/aromatic N) is 1. The Balaban J connectivity index is 5.53. The van der Waals surface area contributed by atoms with E-state index in [1.54, 1.807) is 0 Å². The number of unbranched alkanes of at least 4 members (excludes halogenated alkanes) is 19. The van der Waals surface area contributed by atoms with Crippen LogP contribution in [-0.2, 0) is 27.9 Å². The van der Waals surface area contributed by atoms with Gasteiger partial charge in [0.25, 0.3) is 0 Å². The van der Waals surface area contributed by atoms with Gasteiger partial charge in [-0.05, 0) is 89.5 Å². The minimum Gasteiger partial charge on any atom is -0.456 e. The average molecular weight is 970 g/mol. The lowest BCUT2D eigenvalue weighted by Crippen LogP contribution is -2.47. The maximum absolute atomic E-state index is 13.4. The Morgan fingerprint density at radius 2 is 1.01 bits per heavy atom. The zero-order valence-electron chi connectivity index (χ0n) is 44.3. The molecule has 0 aliphatic heterocycles. The van der Waals surface area contributed by atoms with Crippen molar-refractivity contribution in [2.45, 2.75) is 219 Å². The van der Waals surface area contributed by atoms with Crippen molar-refractivity contribution >= 4 is 19.7 Å². The van der Waals surface area contributed by atoms with Crippen LogP contribution in [0, 0.1) is 0 Å². The fourth-order valence-corrected chi connectivity index (χ4v) is 7.84. The molecule has 0 saturated heterocycles. The summed E-state index contributed by atoms with van der Waals surface area (Å²) in [7, 11) is 1.43. The Hall–Kier alpha value is -3.07. The summed E-state index contributed by atoms with van der Waals surface area (Å²) in [5, 5.41) is 3.00. The van der Waals surface area contributed by atoms with E-state index in [1.807, 2.05) is 39.4 Å². The molecule has 10 heteroatoms. The van der Waals surface area contributed by atoms with Gasteiger partial charge in [-0.2, -0.15) is 0 Å². The zero-order chi connectivity index (χ0) is 50.1. The third kappa shape index (κ3) is 48.0. The summed E-state index contributed by atoms with van der Waals surface area (Å²) in [4.78, 5) is 37.4. The molecular weight excluding hydrogens is 868 g/mol. The number of phosphoric acid groups is 1. The van der Waals surface area contributed by atoms with Gasteiger partial charge in [-0.15, -0.1) is 0 Å². The van der Waals surface area contributed by atoms with Crippen LogP contribution in [0.25, 0.3) is 0 Å². The third-order valence-corrected chi connectivity index (χ3v) is 12.3. The van der Waals surface area contributed by atoms with Crippen LogP contribution in [0.5, 0.6) is 0 Å². The Morgan fingerprint density at radius 1 is 0.544 bits per heavy atom. The highest BCUT2D eigenvalue weighted by Gasteiger charge is 2.30. The van der Waals surface area contributed by atoms with Crippen LogP contribution in [0.2, 0.25) is 0 Å². The Kier molecular flexibility index (Phi) is 45.5. The SMILES string of the molecule is CC/C=C/C=C/C=C\CCCCCCCC(=O)OC(/C=C\CCCCCCCCCCCC)C(COP(=O)(O)OCC[N+](C)(C)C)NC(=O)CCC/C=C\C/C=C\C/C=C\C/C=C\CCCCC. The van der Waals surface area contributed by atoms with E-state index in [1.165, 1.54) is 77.0 Å². The lowest BCUT2D eigenvalue weighted by atomic mass is 10.1. The number of ether oxygens (including phenoxy) is 1. The number of rotatable bonds is 47. The molecule has 0 aromatic heterocycles. The number of esters is 1. The van der Waals surface area contributed by atoms with Crippen molar-refractivity contribution in [1.29, 1.82) is 0 Å². The molecule has 0 heterocycles. The lowest BCUT2D eigenvalue weighted by Gasteiger charge is -2.27. The number of carbonyl (C=O) groups excluding carboxylic acids is 2. The van der Waals surface area contributed by atoms with Crippen LogP contribution in [-0.4, -0.2) is 74.3 Å². The number of phosphoric ester groups is 1. The minimum absolute atomic E-state index is 0.0218. The molecule has 3 atom stereocenters. The molecule has 0 aromatic carbocycles. The van der Waals surface area contributed by atoms with E-state index < -0.39 is 20.0 Å². The summed E-state index contributed by atoms with van der Waals surface area (Å²) in [6.45, 7) is 6.76. The van der Waals surface area contributed by atoms with Gasteiger partial charge in [0.1, 0.15) is 19.3 Å². The van der Waals surface area contributed by atoms with Gasteiger partial charge in [-0.3, -0.25) is 18.6 Å². The van der Waals surface area contributed by atoms with Crippen molar-refractivity contribution < 1.29 is 37.3 Å². The molecule has 0 aromatic rings. The molecule has 9 nitrogen and oxygen atoms in total. The molecule has 0 fully saturated rings. The standard InChI is InChI=1S/C58H101N2O7P/c1-7-10-13-16-19-22-25-28-29-30-31-33-35-38-41-44-47-50-57(61)59-55(54-66-68(63,64)65-53-52-60(4,5)6)56(49-46-43-40-37-34-27-24-21-18-15-12-9-3)67-58(62)51-48-45-42-39-36-32-26-23-20-17-14-11-8-2/h11,14,17,19-20,22-23,26,28-29,31,33,38,41,46,49,55-56H,7-10,12-13,15-16,18,21,24-25,27,30,32,34-37,39-40,42-45,47-48,50-54H2,1-6H3,(H-,59,61,63,64)/p+1/b14-11+,20-17+,22-19-,26-23-,29-28-,33-31-,41-38-,49-46-. The second-order valence-electron chi connectivity index (χ2n) is 19.1. The highest BCUT2D eigenvalue weighted by atomic mass is 31.2. The van der Waals surface area contributed by atoms with Crippen LogP contribution in [0.4, 0.5) is 0 Å². The molecule has 390 valence electrons. The molecule has 0 aliphatic rings. The van der Waals surface area contributed by atoms with E-state index in [0.717, 1.165) is 83.5 Å². The normalized spacial score (nSPS) is 14.6. The molecule has 0 saturated carbocycles. The zero-order valence-corrected chi connectivity index (χ0v) is 45.2. The molecule has 0 spiro atoms. The smallest absolute Gasteiger partial charge is 0.456 e. The van der Waals surface area contributed by atoms with Crippen LogP contribution in [0.3, 0.4) is 0 Å². The Labute approximate surface area is 418 Å². The first-order chi connectivity index (χ1) is 32.9. The van der Waals surface area contributed by atoms with E-state index in [9.17, 15) is 19.0 Å². The first-order valence-electron chi connectivity index (χ1n) is 27.1. The summed E-state index contributed by atoms with van der Waals surface area (Å²) in [5.74, 6) is -0.604. The maximum Gasteiger partial charge on any atom is 0.472 e. The first kappa shape index (κ1) is 64.9. The van der Waals surface area contributed by atoms with Gasteiger partial charge in [-0.25, -0.2) is 4.57 Å². The molecule has 1 amide bonds. The largest absolute Gasteiger partial charge is 0.472 e. The van der Waals surface area contributed by atoms with Crippen molar-refractivity contribution in [3.63, 3.8) is 0 Å². The minimum atomic E-state index is -4.47. The third-order valence-electron chi connectivity index (χ3n) is 11.3. The van der Waals surface area contributed by atoms with Gasteiger partial charge in [0, 0.05) is 12.8 Å². The molecule has 0 rings (SSSR count). The molecule has 68 heavy (non-hydrogen) atoms. The molecule has 0 bridgehead atoms. The second kappa shape index (κ2) is 47.6. The molecule has 0 aliphatic carbocycles. The highest BCUT2D eigenvalue weighted by Crippen LogP contribution is 2.43. The molecular formula is C58H102N2O7P+. The van der Waals surface area contributed by atoms with Crippen molar-refractivity contribution in [3.05, 3.63) is 97.2 Å². The van der Waals surface area contributed by atoms with E-state index in [0.29, 0.717) is 23.9 Å². The van der Waals surface area contributed by atoms with Gasteiger partial charge in [-0.1, -0.05) is 202 Å². The summed E-state index contributed by atoms with van der Waals surface area (Å²) < 4.78 is 30.5. The fraction of sp³-hybridized carbons (Fsp3) is 0.690. The predicted octanol–water partition coefficient (Wildman–Crippen LogP) is 16.0. The molecule has 0 radical (unpaired) electrons. The number of hydrogen-bond acceptors (Lipinski definition) is 6. The van der Waals surface area contributed by atoms with Crippen molar-refractivity contribution in [3.8, 4) is 0 Å². The summed E-state index contributed by atoms with van der Waals surface area (Å²) in [6.07, 6.45) is 62.7. The maximum atomic E-state index is 13.4. The lowest BCUT2D eigenvalue weighted by molar-refractivity contribution is -0.870. The van der Waals surface area contributed by atoms with Crippen molar-refractivity contribution in [1.82, 2.24) is 5.32 Å². The number of carbonyl (C=O) groups is 2. The van der Waals surface area contributed by atoms with E-state index in [-0.39, 0.29) is 37.9 Å². The second-order valence-corrected chi connectivity index (χ2v) is 20.5. The van der Waals surface area contributed by atoms with Gasteiger partial charge < -0.3 is 19.4 Å². The fourth-order valence-electron chi connectivity index (χ4n) is 7.11. The predicted molar refractivity (Wildman–Crippen MR) is 290 cm³/mol. The van der Waals surface area contributed by atoms with Gasteiger partial charge in [0.2, 0.25) is 5.91 Å². The number of allylic oxidation sites excluding steroid dienone is 15. The number of nitrogens with one attached hydrogen (secondary N) is 1. The van der Waals surface area contributed by atoms with Crippen LogP contribution in [0.1, 0.15) is 207 Å². The highest BCUT2D eigenvalue weighted by molar-refractivity contribution is 7.47. The monoisotopic (exact) mass is 970 g/mol. The topological polar surface area (TPSA) is 111 Å². The van der Waals surface area contributed by atoms with Gasteiger partial charge in [0.05, 0.1) is 33.8 Å². The molecule has 3 unspecified atom stereocenters. The summed E-state index contributed by atoms with van der Waals surface area (Å²) in [5.41, 5.74) is 0. The number of hydrogen-bond donors (Lipinski definition) is 2. The van der Waals surface area contributed by atoms with Crippen LogP contribution < -0.4 is 5.32 Å². The summed E-state index contributed by atoms with van der Waals surface area (Å²) in [6, 6.07) is -0.889. The van der Waals surface area contributed by atoms with Crippen LogP contribution in [0.15, 0.2) is 97.2 Å². The number of amides is 1. The number of quaternary nitrogens is 1. The van der Waals surface area contributed by atoms with E-state index in [2.05, 4.69) is 105 Å². The van der Waals surface area contributed by atoms with Gasteiger partial charge >= 0.3 is 13.8 Å². The van der Waals surface area contributed by atoms with E-state index >= 15 is 0 Å².